The number of rotatable bonds is 3. The molecule has 0 aliphatic heterocycles. The summed E-state index contributed by atoms with van der Waals surface area (Å²) in [7, 11) is 1.81. The van der Waals surface area contributed by atoms with Crippen LogP contribution in [0, 0.1) is 0 Å². The highest BCUT2D eigenvalue weighted by molar-refractivity contribution is 5.72. The van der Waals surface area contributed by atoms with Crippen LogP contribution in [0.25, 0.3) is 5.65 Å². The number of pyridine rings is 1. The van der Waals surface area contributed by atoms with Gasteiger partial charge in [0.15, 0.2) is 11.5 Å². The van der Waals surface area contributed by atoms with Gasteiger partial charge in [-0.05, 0) is 26.0 Å². The van der Waals surface area contributed by atoms with E-state index < -0.39 is 5.60 Å². The van der Waals surface area contributed by atoms with Gasteiger partial charge in [0.1, 0.15) is 5.60 Å². The van der Waals surface area contributed by atoms with Crippen LogP contribution in [0.15, 0.2) is 36.8 Å². The standard InChI is InChI=1S/C14H17N5O/c1-14(2,20)11-9-12(17-18(11)3)16-10-5-4-7-19-8-6-15-13(10)19/h4-9,20H,1-3H3,(H,16,17). The average Bonchev–Trinajstić information content (AvgIpc) is 2.95. The molecule has 6 nitrogen and oxygen atoms in total. The Hall–Kier alpha value is -2.34. The molecule has 6 heteroatoms. The van der Waals surface area contributed by atoms with Crippen LogP contribution < -0.4 is 5.32 Å². The first-order valence-electron chi connectivity index (χ1n) is 6.41. The summed E-state index contributed by atoms with van der Waals surface area (Å²) in [6.07, 6.45) is 5.58. The first-order chi connectivity index (χ1) is 9.45. The van der Waals surface area contributed by atoms with Crippen molar-refractivity contribution in [1.29, 1.82) is 0 Å². The second-order valence-electron chi connectivity index (χ2n) is 5.30. The fourth-order valence-corrected chi connectivity index (χ4v) is 2.28. The first-order valence-corrected chi connectivity index (χ1v) is 6.41. The topological polar surface area (TPSA) is 67.4 Å². The number of fused-ring (bicyclic) bond motifs is 1. The maximum absolute atomic E-state index is 10.1. The van der Waals surface area contributed by atoms with Crippen molar-refractivity contribution in [3.8, 4) is 0 Å². The summed E-state index contributed by atoms with van der Waals surface area (Å²) in [5.74, 6) is 0.681. The lowest BCUT2D eigenvalue weighted by Gasteiger charge is -2.16. The highest BCUT2D eigenvalue weighted by Crippen LogP contribution is 2.25. The molecule has 0 fully saturated rings. The Labute approximate surface area is 116 Å². The smallest absolute Gasteiger partial charge is 0.160 e. The van der Waals surface area contributed by atoms with Gasteiger partial charge in [-0.3, -0.25) is 4.68 Å². The molecule has 0 aromatic carbocycles. The van der Waals surface area contributed by atoms with E-state index in [9.17, 15) is 5.11 Å². The van der Waals surface area contributed by atoms with Crippen LogP contribution in [0.4, 0.5) is 11.5 Å². The number of nitrogens with one attached hydrogen (secondary N) is 1. The fraction of sp³-hybridized carbons (Fsp3) is 0.286. The number of imidazole rings is 1. The predicted molar refractivity (Wildman–Crippen MR) is 76.9 cm³/mol. The quantitative estimate of drug-likeness (QED) is 0.765. The van der Waals surface area contributed by atoms with Gasteiger partial charge >= 0.3 is 0 Å². The van der Waals surface area contributed by atoms with Crippen molar-refractivity contribution >= 4 is 17.2 Å². The Morgan fingerprint density at radius 3 is 2.80 bits per heavy atom. The third kappa shape index (κ3) is 2.14. The lowest BCUT2D eigenvalue weighted by Crippen LogP contribution is -2.19. The van der Waals surface area contributed by atoms with Gasteiger partial charge in [0.2, 0.25) is 0 Å². The molecule has 0 aliphatic carbocycles. The Kier molecular flexibility index (Phi) is 2.76. The minimum atomic E-state index is -0.930. The number of hydrogen-bond acceptors (Lipinski definition) is 4. The Bertz CT molecular complexity index is 750. The van der Waals surface area contributed by atoms with Crippen molar-refractivity contribution in [2.45, 2.75) is 19.4 Å². The van der Waals surface area contributed by atoms with Crippen LogP contribution >= 0.6 is 0 Å². The zero-order valence-electron chi connectivity index (χ0n) is 11.7. The molecule has 0 bridgehead atoms. The van der Waals surface area contributed by atoms with Gasteiger partial charge in [0.25, 0.3) is 0 Å². The van der Waals surface area contributed by atoms with E-state index in [1.165, 1.54) is 0 Å². The zero-order chi connectivity index (χ0) is 14.3. The highest BCUT2D eigenvalue weighted by Gasteiger charge is 2.21. The second kappa shape index (κ2) is 4.35. The van der Waals surface area contributed by atoms with Gasteiger partial charge in [-0.2, -0.15) is 5.10 Å². The minimum absolute atomic E-state index is 0.681. The summed E-state index contributed by atoms with van der Waals surface area (Å²) in [5, 5.41) is 17.7. The fourth-order valence-electron chi connectivity index (χ4n) is 2.28. The van der Waals surface area contributed by atoms with Crippen LogP contribution in [-0.4, -0.2) is 24.3 Å². The van der Waals surface area contributed by atoms with Crippen molar-refractivity contribution in [3.05, 3.63) is 42.5 Å². The van der Waals surface area contributed by atoms with Gasteiger partial charge < -0.3 is 14.8 Å². The molecule has 0 radical (unpaired) electrons. The maximum Gasteiger partial charge on any atom is 0.160 e. The Balaban J connectivity index is 1.98. The first kappa shape index (κ1) is 12.7. The molecule has 20 heavy (non-hydrogen) atoms. The molecule has 0 aliphatic rings. The molecule has 104 valence electrons. The van der Waals surface area contributed by atoms with Crippen molar-refractivity contribution in [2.75, 3.05) is 5.32 Å². The normalized spacial score (nSPS) is 12.0. The molecule has 0 saturated carbocycles. The predicted octanol–water partition coefficient (Wildman–Crippen LogP) is 2.04. The third-order valence-corrected chi connectivity index (χ3v) is 3.19. The second-order valence-corrected chi connectivity index (χ2v) is 5.30. The summed E-state index contributed by atoms with van der Waals surface area (Å²) >= 11 is 0. The third-order valence-electron chi connectivity index (χ3n) is 3.19. The maximum atomic E-state index is 10.1. The summed E-state index contributed by atoms with van der Waals surface area (Å²) in [5.41, 5.74) is 1.53. The van der Waals surface area contributed by atoms with Crippen molar-refractivity contribution in [3.63, 3.8) is 0 Å². The van der Waals surface area contributed by atoms with Crippen molar-refractivity contribution in [2.24, 2.45) is 7.05 Å². The van der Waals surface area contributed by atoms with E-state index in [0.717, 1.165) is 17.0 Å². The van der Waals surface area contributed by atoms with Crippen LogP contribution in [0.3, 0.4) is 0 Å². The van der Waals surface area contributed by atoms with Crippen LogP contribution in [0.2, 0.25) is 0 Å². The van der Waals surface area contributed by atoms with Crippen molar-refractivity contribution in [1.82, 2.24) is 19.2 Å². The SMILES string of the molecule is Cn1nc(Nc2cccn3ccnc23)cc1C(C)(C)O. The number of anilines is 2. The summed E-state index contributed by atoms with van der Waals surface area (Å²) in [6.45, 7) is 3.48. The number of hydrogen-bond donors (Lipinski definition) is 2. The number of nitrogens with zero attached hydrogens (tertiary/aromatic N) is 4. The molecule has 0 unspecified atom stereocenters. The van der Waals surface area contributed by atoms with E-state index in [0.29, 0.717) is 5.82 Å². The van der Waals surface area contributed by atoms with Crippen LogP contribution in [0.1, 0.15) is 19.5 Å². The molecule has 0 saturated heterocycles. The van der Waals surface area contributed by atoms with E-state index >= 15 is 0 Å². The summed E-state index contributed by atoms with van der Waals surface area (Å²) in [4.78, 5) is 4.31. The largest absolute Gasteiger partial charge is 0.384 e. The molecule has 3 heterocycles. The van der Waals surface area contributed by atoms with Crippen LogP contribution in [-0.2, 0) is 12.6 Å². The van der Waals surface area contributed by atoms with E-state index in [4.69, 9.17) is 0 Å². The molecule has 3 aromatic heterocycles. The summed E-state index contributed by atoms with van der Waals surface area (Å²) in [6, 6.07) is 5.73. The molecular formula is C14H17N5O. The van der Waals surface area contributed by atoms with Gasteiger partial charge in [0.05, 0.1) is 11.4 Å². The molecule has 3 aromatic rings. The zero-order valence-corrected chi connectivity index (χ0v) is 11.7. The van der Waals surface area contributed by atoms with E-state index in [2.05, 4.69) is 15.4 Å². The summed E-state index contributed by atoms with van der Waals surface area (Å²) < 4.78 is 3.61. The van der Waals surface area contributed by atoms with Gasteiger partial charge in [-0.25, -0.2) is 4.98 Å². The molecule has 2 N–H and O–H groups in total. The van der Waals surface area contributed by atoms with Crippen molar-refractivity contribution < 1.29 is 5.11 Å². The van der Waals surface area contributed by atoms with Gasteiger partial charge in [-0.1, -0.05) is 0 Å². The lowest BCUT2D eigenvalue weighted by atomic mass is 10.1. The highest BCUT2D eigenvalue weighted by atomic mass is 16.3. The molecule has 0 atom stereocenters. The van der Waals surface area contributed by atoms with E-state index in [1.54, 1.807) is 24.7 Å². The number of aliphatic hydroxyl groups is 1. The number of aryl methyl sites for hydroxylation is 1. The lowest BCUT2D eigenvalue weighted by molar-refractivity contribution is 0.0696. The Morgan fingerprint density at radius 1 is 1.30 bits per heavy atom. The molecular weight excluding hydrogens is 254 g/mol. The molecule has 3 rings (SSSR count). The minimum Gasteiger partial charge on any atom is -0.384 e. The monoisotopic (exact) mass is 271 g/mol. The van der Waals surface area contributed by atoms with E-state index in [1.807, 2.05) is 42.0 Å². The average molecular weight is 271 g/mol. The number of aromatic nitrogens is 4. The van der Waals surface area contributed by atoms with E-state index in [-0.39, 0.29) is 0 Å². The molecule has 0 spiro atoms. The molecule has 0 amide bonds. The van der Waals surface area contributed by atoms with Gasteiger partial charge in [-0.15, -0.1) is 0 Å². The van der Waals surface area contributed by atoms with Gasteiger partial charge in [0, 0.05) is 31.7 Å². The van der Waals surface area contributed by atoms with Crippen LogP contribution in [0.5, 0.6) is 0 Å². The Morgan fingerprint density at radius 2 is 2.10 bits per heavy atom.